The fraction of sp³-hybridized carbons (Fsp3) is 0.238. The number of hydrogen-bond acceptors (Lipinski definition) is 3. The maximum Gasteiger partial charge on any atom is 0.165 e. The van der Waals surface area contributed by atoms with E-state index in [1.807, 2.05) is 18.2 Å². The molecule has 0 saturated heterocycles. The number of Topliss-reactive ketones (excluding diaryl/α,β-unsaturated/α-hetero) is 1. The molecule has 0 atom stereocenters. The van der Waals surface area contributed by atoms with Crippen LogP contribution >= 0.6 is 27.3 Å². The van der Waals surface area contributed by atoms with Crippen molar-refractivity contribution < 1.29 is 4.79 Å². The molecule has 0 fully saturated rings. The molecule has 2 aromatic heterocycles. The Morgan fingerprint density at radius 1 is 1.12 bits per heavy atom. The molecule has 0 saturated carbocycles. The Bertz CT molecular complexity index is 943. The Kier molecular flexibility index (Phi) is 4.13. The second-order valence-corrected chi connectivity index (χ2v) is 9.17. The summed E-state index contributed by atoms with van der Waals surface area (Å²) in [7, 11) is 0. The summed E-state index contributed by atoms with van der Waals surface area (Å²) in [4.78, 5) is 18.9. The maximum atomic E-state index is 12.9. The van der Waals surface area contributed by atoms with Crippen molar-refractivity contribution in [3.63, 3.8) is 0 Å². The van der Waals surface area contributed by atoms with Gasteiger partial charge in [0.25, 0.3) is 0 Å². The average molecular weight is 412 g/mol. The van der Waals surface area contributed by atoms with Gasteiger partial charge in [-0.05, 0) is 52.6 Å². The van der Waals surface area contributed by atoms with Crippen molar-refractivity contribution in [2.75, 3.05) is 0 Å². The van der Waals surface area contributed by atoms with Gasteiger partial charge in [0.2, 0.25) is 0 Å². The first-order chi connectivity index (χ1) is 11.9. The lowest BCUT2D eigenvalue weighted by Crippen LogP contribution is -2.28. The largest absolute Gasteiger partial charge is 0.294 e. The molecule has 0 bridgehead atoms. The first kappa shape index (κ1) is 16.7. The van der Waals surface area contributed by atoms with Crippen molar-refractivity contribution in [2.45, 2.75) is 26.7 Å². The number of thiophene rings is 1. The van der Waals surface area contributed by atoms with Gasteiger partial charge in [0.15, 0.2) is 5.78 Å². The van der Waals surface area contributed by atoms with E-state index >= 15 is 0 Å². The molecule has 1 aliphatic rings. The lowest BCUT2D eigenvalue weighted by atomic mass is 9.74. The number of ketones is 1. The number of benzene rings is 1. The topological polar surface area (TPSA) is 30.0 Å². The smallest absolute Gasteiger partial charge is 0.165 e. The number of rotatable bonds is 2. The molecule has 0 aliphatic heterocycles. The van der Waals surface area contributed by atoms with E-state index < -0.39 is 0 Å². The second kappa shape index (κ2) is 6.19. The van der Waals surface area contributed by atoms with Crippen LogP contribution in [0.1, 0.15) is 36.3 Å². The molecule has 0 amide bonds. The van der Waals surface area contributed by atoms with Crippen molar-refractivity contribution in [1.82, 2.24) is 4.98 Å². The van der Waals surface area contributed by atoms with Crippen LogP contribution in [0.3, 0.4) is 0 Å². The zero-order valence-corrected chi connectivity index (χ0v) is 16.6. The van der Waals surface area contributed by atoms with Gasteiger partial charge in [-0.25, -0.2) is 0 Å². The van der Waals surface area contributed by atoms with E-state index in [9.17, 15) is 4.79 Å². The lowest BCUT2D eigenvalue weighted by Gasteiger charge is -2.31. The highest BCUT2D eigenvalue weighted by atomic mass is 79.9. The van der Waals surface area contributed by atoms with Gasteiger partial charge in [-0.3, -0.25) is 9.78 Å². The van der Waals surface area contributed by atoms with Crippen LogP contribution in [0.15, 0.2) is 52.3 Å². The Labute approximate surface area is 160 Å². The molecule has 0 radical (unpaired) electrons. The highest BCUT2D eigenvalue weighted by Crippen LogP contribution is 2.40. The van der Waals surface area contributed by atoms with Crippen LogP contribution < -0.4 is 0 Å². The molecule has 1 aromatic carbocycles. The Hall–Kier alpha value is -1.78. The van der Waals surface area contributed by atoms with Crippen molar-refractivity contribution >= 4 is 33.0 Å². The number of fused-ring (bicyclic) bond motifs is 1. The van der Waals surface area contributed by atoms with Gasteiger partial charge >= 0.3 is 0 Å². The van der Waals surface area contributed by atoms with Gasteiger partial charge in [-0.2, -0.15) is 0 Å². The molecule has 4 rings (SSSR count). The van der Waals surface area contributed by atoms with Gasteiger partial charge in [-0.1, -0.05) is 48.0 Å². The predicted octanol–water partition coefficient (Wildman–Crippen LogP) is 6.39. The fourth-order valence-electron chi connectivity index (χ4n) is 3.48. The Balaban J connectivity index is 1.97. The molecule has 2 heterocycles. The number of carbonyl (C=O) groups is 1. The molecule has 3 aromatic rings. The normalized spacial score (nSPS) is 15.9. The highest BCUT2D eigenvalue weighted by molar-refractivity contribution is 9.10. The standard InChI is InChI=1S/C21H18BrNOS/c1-21(2)11-17-20(18(24)12-21)15(13-5-7-14(22)8-6-13)10-16(23-17)19-4-3-9-25-19/h3-10H,11-12H2,1-2H3. The summed E-state index contributed by atoms with van der Waals surface area (Å²) >= 11 is 5.17. The minimum absolute atomic E-state index is 0.0395. The minimum Gasteiger partial charge on any atom is -0.294 e. The number of aromatic nitrogens is 1. The average Bonchev–Trinajstić information content (AvgIpc) is 3.07. The zero-order valence-electron chi connectivity index (χ0n) is 14.2. The minimum atomic E-state index is -0.0395. The van der Waals surface area contributed by atoms with Gasteiger partial charge in [-0.15, -0.1) is 11.3 Å². The van der Waals surface area contributed by atoms with Crippen LogP contribution in [0.4, 0.5) is 0 Å². The van der Waals surface area contributed by atoms with Gasteiger partial charge < -0.3 is 0 Å². The summed E-state index contributed by atoms with van der Waals surface area (Å²) in [6, 6.07) is 14.4. The number of hydrogen-bond donors (Lipinski definition) is 0. The molecular formula is C21H18BrNOS. The maximum absolute atomic E-state index is 12.9. The summed E-state index contributed by atoms with van der Waals surface area (Å²) in [5, 5.41) is 2.06. The number of nitrogens with zero attached hydrogens (tertiary/aromatic N) is 1. The van der Waals surface area contributed by atoms with E-state index in [-0.39, 0.29) is 11.2 Å². The molecule has 4 heteroatoms. The Morgan fingerprint density at radius 3 is 2.56 bits per heavy atom. The predicted molar refractivity (Wildman–Crippen MR) is 107 cm³/mol. The molecule has 1 aliphatic carbocycles. The van der Waals surface area contributed by atoms with E-state index in [0.717, 1.165) is 43.8 Å². The number of carbonyl (C=O) groups excluding carboxylic acids is 1. The SMILES string of the molecule is CC1(C)CC(=O)c2c(-c3ccc(Br)cc3)cc(-c3cccs3)nc2C1. The van der Waals surface area contributed by atoms with Crippen molar-refractivity contribution in [1.29, 1.82) is 0 Å². The lowest BCUT2D eigenvalue weighted by molar-refractivity contribution is 0.0911. The number of pyridine rings is 1. The molecule has 0 unspecified atom stereocenters. The van der Waals surface area contributed by atoms with Gasteiger partial charge in [0.1, 0.15) is 0 Å². The molecule has 126 valence electrons. The first-order valence-electron chi connectivity index (χ1n) is 8.30. The molecule has 0 N–H and O–H groups in total. The summed E-state index contributed by atoms with van der Waals surface area (Å²) in [5.74, 6) is 0.203. The molecule has 2 nitrogen and oxygen atoms in total. The number of halogens is 1. The van der Waals surface area contributed by atoms with E-state index in [0.29, 0.717) is 6.42 Å². The van der Waals surface area contributed by atoms with Crippen LogP contribution in [0.5, 0.6) is 0 Å². The quantitative estimate of drug-likeness (QED) is 0.488. The van der Waals surface area contributed by atoms with E-state index in [2.05, 4.69) is 59.4 Å². The van der Waals surface area contributed by atoms with Gasteiger partial charge in [0, 0.05) is 16.5 Å². The van der Waals surface area contributed by atoms with Crippen molar-refractivity contribution in [2.24, 2.45) is 5.41 Å². The summed E-state index contributed by atoms with van der Waals surface area (Å²) in [5.41, 5.74) is 4.72. The zero-order chi connectivity index (χ0) is 17.6. The third-order valence-electron chi connectivity index (χ3n) is 4.59. The van der Waals surface area contributed by atoms with Gasteiger partial charge in [0.05, 0.1) is 16.3 Å². The van der Waals surface area contributed by atoms with Crippen molar-refractivity contribution in [3.05, 3.63) is 63.6 Å². The van der Waals surface area contributed by atoms with E-state index in [1.54, 1.807) is 11.3 Å². The van der Waals surface area contributed by atoms with Crippen LogP contribution in [-0.2, 0) is 6.42 Å². The monoisotopic (exact) mass is 411 g/mol. The summed E-state index contributed by atoms with van der Waals surface area (Å²) in [6.07, 6.45) is 1.40. The second-order valence-electron chi connectivity index (χ2n) is 7.30. The van der Waals surface area contributed by atoms with Crippen molar-refractivity contribution in [3.8, 4) is 21.7 Å². The third kappa shape index (κ3) is 3.21. The first-order valence-corrected chi connectivity index (χ1v) is 9.97. The third-order valence-corrected chi connectivity index (χ3v) is 6.01. The van der Waals surface area contributed by atoms with Crippen LogP contribution in [0, 0.1) is 5.41 Å². The summed E-state index contributed by atoms with van der Waals surface area (Å²) < 4.78 is 1.03. The summed E-state index contributed by atoms with van der Waals surface area (Å²) in [6.45, 7) is 4.29. The highest BCUT2D eigenvalue weighted by Gasteiger charge is 2.34. The van der Waals surface area contributed by atoms with E-state index in [4.69, 9.17) is 4.98 Å². The Morgan fingerprint density at radius 2 is 1.88 bits per heavy atom. The van der Waals surface area contributed by atoms with Crippen LogP contribution in [0.25, 0.3) is 21.7 Å². The fourth-order valence-corrected chi connectivity index (χ4v) is 4.43. The molecular weight excluding hydrogens is 394 g/mol. The van der Waals surface area contributed by atoms with Crippen LogP contribution in [-0.4, -0.2) is 10.8 Å². The van der Waals surface area contributed by atoms with Crippen LogP contribution in [0.2, 0.25) is 0 Å². The molecule has 0 spiro atoms. The van der Waals surface area contributed by atoms with E-state index in [1.165, 1.54) is 0 Å². The molecule has 25 heavy (non-hydrogen) atoms.